The molecule has 3 N–H and O–H groups in total. The molecule has 8 nitrogen and oxygen atoms in total. The first-order valence-corrected chi connectivity index (χ1v) is 13.7. The molecule has 0 aromatic rings. The van der Waals surface area contributed by atoms with Crippen LogP contribution in [0.1, 0.15) is 64.7 Å². The van der Waals surface area contributed by atoms with E-state index in [2.05, 4.69) is 20.9 Å². The minimum absolute atomic E-state index is 0.0628. The third-order valence-corrected chi connectivity index (χ3v) is 9.64. The van der Waals surface area contributed by atoms with Crippen molar-refractivity contribution in [3.63, 3.8) is 0 Å². The van der Waals surface area contributed by atoms with Gasteiger partial charge in [-0.25, -0.2) is 4.79 Å². The molecule has 4 aliphatic carbocycles. The van der Waals surface area contributed by atoms with Gasteiger partial charge in [0.15, 0.2) is 0 Å². The number of rotatable bonds is 5. The van der Waals surface area contributed by atoms with Crippen LogP contribution in [0.4, 0.5) is 4.79 Å². The number of carbonyl (C=O) groups excluding carboxylic acids is 3. The van der Waals surface area contributed by atoms with Gasteiger partial charge in [0.05, 0.1) is 6.54 Å². The van der Waals surface area contributed by atoms with Crippen molar-refractivity contribution in [1.82, 2.24) is 20.9 Å². The minimum Gasteiger partial charge on any atom is -0.463 e. The van der Waals surface area contributed by atoms with Crippen LogP contribution in [0.15, 0.2) is 0 Å². The fraction of sp³-hybridized carbons (Fsp3) is 0.885. The van der Waals surface area contributed by atoms with Gasteiger partial charge < -0.3 is 20.7 Å². The molecule has 0 bridgehead atoms. The summed E-state index contributed by atoms with van der Waals surface area (Å²) in [6.45, 7) is 4.76. The topological polar surface area (TPSA) is 99.8 Å². The fourth-order valence-electron chi connectivity index (χ4n) is 8.36. The SMILES string of the molecule is CC(=O)OC1CC2CCC3C4CCC(NC(=O)NCCN5CCNC(=O)C5)CC4CCC3C2C1. The summed E-state index contributed by atoms with van der Waals surface area (Å²) in [5, 5.41) is 9.05. The third kappa shape index (κ3) is 5.37. The summed E-state index contributed by atoms with van der Waals surface area (Å²) >= 11 is 0. The van der Waals surface area contributed by atoms with Crippen LogP contribution in [0.25, 0.3) is 0 Å². The van der Waals surface area contributed by atoms with Crippen LogP contribution < -0.4 is 16.0 Å². The highest BCUT2D eigenvalue weighted by molar-refractivity contribution is 5.78. The number of ether oxygens (including phenoxy) is 1. The number of urea groups is 1. The lowest BCUT2D eigenvalue weighted by Gasteiger charge is -2.52. The van der Waals surface area contributed by atoms with E-state index < -0.39 is 0 Å². The molecule has 190 valence electrons. The smallest absolute Gasteiger partial charge is 0.315 e. The summed E-state index contributed by atoms with van der Waals surface area (Å²) in [5.41, 5.74) is 0. The molecular formula is C26H42N4O4. The molecule has 0 aromatic heterocycles. The highest BCUT2D eigenvalue weighted by Crippen LogP contribution is 2.58. The zero-order chi connectivity index (χ0) is 23.7. The van der Waals surface area contributed by atoms with Gasteiger partial charge in [0.1, 0.15) is 6.10 Å². The lowest BCUT2D eigenvalue weighted by Crippen LogP contribution is -2.52. The fourth-order valence-corrected chi connectivity index (χ4v) is 8.36. The molecule has 34 heavy (non-hydrogen) atoms. The Bertz CT molecular complexity index is 776. The molecule has 1 heterocycles. The van der Waals surface area contributed by atoms with Gasteiger partial charge in [-0.2, -0.15) is 0 Å². The van der Waals surface area contributed by atoms with Crippen LogP contribution in [-0.2, 0) is 14.3 Å². The second kappa shape index (κ2) is 10.4. The van der Waals surface area contributed by atoms with Crippen molar-refractivity contribution in [2.45, 2.75) is 76.9 Å². The zero-order valence-corrected chi connectivity index (χ0v) is 20.6. The number of carbonyl (C=O) groups is 3. The van der Waals surface area contributed by atoms with Crippen LogP contribution in [0.5, 0.6) is 0 Å². The Labute approximate surface area is 203 Å². The van der Waals surface area contributed by atoms with Crippen LogP contribution in [0, 0.1) is 35.5 Å². The van der Waals surface area contributed by atoms with Crippen molar-refractivity contribution in [2.24, 2.45) is 35.5 Å². The molecule has 0 radical (unpaired) electrons. The molecule has 5 aliphatic rings. The normalized spacial score (nSPS) is 39.7. The Hall–Kier alpha value is -1.83. The molecule has 1 saturated heterocycles. The van der Waals surface area contributed by atoms with Gasteiger partial charge in [0, 0.05) is 39.1 Å². The van der Waals surface area contributed by atoms with E-state index in [9.17, 15) is 14.4 Å². The molecular weight excluding hydrogens is 432 g/mol. The van der Waals surface area contributed by atoms with Gasteiger partial charge in [-0.05, 0) is 93.3 Å². The number of nitrogens with one attached hydrogen (secondary N) is 3. The molecule has 8 heteroatoms. The molecule has 8 atom stereocenters. The zero-order valence-electron chi connectivity index (χ0n) is 20.6. The van der Waals surface area contributed by atoms with Crippen molar-refractivity contribution in [1.29, 1.82) is 0 Å². The molecule has 5 rings (SSSR count). The monoisotopic (exact) mass is 474 g/mol. The average molecular weight is 475 g/mol. The van der Waals surface area contributed by atoms with E-state index >= 15 is 0 Å². The number of hydrogen-bond donors (Lipinski definition) is 3. The second-order valence-electron chi connectivity index (χ2n) is 11.6. The summed E-state index contributed by atoms with van der Waals surface area (Å²) in [6, 6.07) is 0.205. The first kappa shape index (κ1) is 23.9. The van der Waals surface area contributed by atoms with Gasteiger partial charge in [0.2, 0.25) is 5.91 Å². The van der Waals surface area contributed by atoms with Crippen LogP contribution in [0.3, 0.4) is 0 Å². The van der Waals surface area contributed by atoms with E-state index in [1.807, 2.05) is 0 Å². The van der Waals surface area contributed by atoms with E-state index in [1.54, 1.807) is 0 Å². The lowest BCUT2D eigenvalue weighted by atomic mass is 9.53. The van der Waals surface area contributed by atoms with E-state index in [0.717, 1.165) is 67.7 Å². The summed E-state index contributed by atoms with van der Waals surface area (Å²) in [7, 11) is 0. The number of esters is 1. The number of fused-ring (bicyclic) bond motifs is 5. The molecule has 4 saturated carbocycles. The highest BCUT2D eigenvalue weighted by Gasteiger charge is 2.51. The molecule has 1 aliphatic heterocycles. The second-order valence-corrected chi connectivity index (χ2v) is 11.6. The molecule has 8 unspecified atom stereocenters. The van der Waals surface area contributed by atoms with Gasteiger partial charge in [0.25, 0.3) is 0 Å². The largest absolute Gasteiger partial charge is 0.463 e. The Morgan fingerprint density at radius 2 is 1.71 bits per heavy atom. The summed E-state index contributed by atoms with van der Waals surface area (Å²) in [4.78, 5) is 37.5. The van der Waals surface area contributed by atoms with E-state index in [-0.39, 0.29) is 30.1 Å². The van der Waals surface area contributed by atoms with Gasteiger partial charge >= 0.3 is 12.0 Å². The van der Waals surface area contributed by atoms with Crippen LogP contribution >= 0.6 is 0 Å². The number of nitrogens with zero attached hydrogens (tertiary/aromatic N) is 1. The van der Waals surface area contributed by atoms with E-state index in [0.29, 0.717) is 26.2 Å². The quantitative estimate of drug-likeness (QED) is 0.531. The van der Waals surface area contributed by atoms with Gasteiger partial charge in [-0.1, -0.05) is 0 Å². The Morgan fingerprint density at radius 1 is 0.971 bits per heavy atom. The Balaban J connectivity index is 1.06. The summed E-state index contributed by atoms with van der Waals surface area (Å²) in [5.74, 6) is 4.61. The third-order valence-electron chi connectivity index (χ3n) is 9.64. The average Bonchev–Trinajstić information content (AvgIpc) is 3.21. The van der Waals surface area contributed by atoms with Crippen molar-refractivity contribution in [2.75, 3.05) is 32.7 Å². The summed E-state index contributed by atoms with van der Waals surface area (Å²) < 4.78 is 5.60. The first-order chi connectivity index (χ1) is 16.5. The molecule has 0 aromatic carbocycles. The Kier molecular flexibility index (Phi) is 7.32. The van der Waals surface area contributed by atoms with Gasteiger partial charge in [-0.15, -0.1) is 0 Å². The summed E-state index contributed by atoms with van der Waals surface area (Å²) in [6.07, 6.45) is 10.9. The van der Waals surface area contributed by atoms with E-state index in [1.165, 1.54) is 39.0 Å². The molecule has 3 amide bonds. The lowest BCUT2D eigenvalue weighted by molar-refractivity contribution is -0.146. The number of hydrogen-bond acceptors (Lipinski definition) is 5. The predicted molar refractivity (Wildman–Crippen MR) is 128 cm³/mol. The minimum atomic E-state index is -0.127. The van der Waals surface area contributed by atoms with Crippen molar-refractivity contribution in [3.8, 4) is 0 Å². The predicted octanol–water partition coefficient (Wildman–Crippen LogP) is 2.28. The van der Waals surface area contributed by atoms with Crippen LogP contribution in [-0.4, -0.2) is 67.7 Å². The van der Waals surface area contributed by atoms with Crippen molar-refractivity contribution < 1.29 is 19.1 Å². The van der Waals surface area contributed by atoms with Crippen molar-refractivity contribution in [3.05, 3.63) is 0 Å². The maximum Gasteiger partial charge on any atom is 0.315 e. The van der Waals surface area contributed by atoms with E-state index in [4.69, 9.17) is 4.74 Å². The maximum atomic E-state index is 12.5. The molecule has 5 fully saturated rings. The molecule has 0 spiro atoms. The van der Waals surface area contributed by atoms with Crippen molar-refractivity contribution >= 4 is 17.9 Å². The number of amides is 3. The maximum absolute atomic E-state index is 12.5. The standard InChI is InChI=1S/C26H42N4O4/c1-16(31)34-20-13-18-3-5-22-21-7-4-19(12-17(21)2-6-23(22)24(18)14-20)29-26(33)28-9-11-30-10-8-27-25(32)15-30/h17-24H,2-15H2,1H3,(H,27,32)(H2,28,29,33). The van der Waals surface area contributed by atoms with Crippen LogP contribution in [0.2, 0.25) is 0 Å². The number of piperazine rings is 1. The van der Waals surface area contributed by atoms with Gasteiger partial charge in [-0.3, -0.25) is 14.5 Å². The first-order valence-electron chi connectivity index (χ1n) is 13.7. The Morgan fingerprint density at radius 3 is 2.47 bits per heavy atom. The highest BCUT2D eigenvalue weighted by atomic mass is 16.5.